The van der Waals surface area contributed by atoms with Crippen LogP contribution in [0.5, 0.6) is 5.75 Å². The molecule has 0 unspecified atom stereocenters. The van der Waals surface area contributed by atoms with E-state index in [9.17, 15) is 13.2 Å². The predicted octanol–water partition coefficient (Wildman–Crippen LogP) is 2.28. The normalized spacial score (nSPS) is 11.1. The van der Waals surface area contributed by atoms with E-state index in [1.54, 1.807) is 36.4 Å². The highest BCUT2D eigenvalue weighted by molar-refractivity contribution is 7.89. The number of aromatic nitrogens is 2. The first kappa shape index (κ1) is 19.0. The summed E-state index contributed by atoms with van der Waals surface area (Å²) in [6, 6.07) is 15.0. The second-order valence-electron chi connectivity index (χ2n) is 5.32. The van der Waals surface area contributed by atoms with Crippen LogP contribution >= 0.6 is 11.3 Å². The lowest BCUT2D eigenvalue weighted by atomic mass is 10.3. The number of carbonyl (C=O) groups is 1. The molecule has 0 spiro atoms. The molecule has 0 aliphatic rings. The third-order valence-corrected chi connectivity index (χ3v) is 5.82. The van der Waals surface area contributed by atoms with E-state index in [0.29, 0.717) is 16.4 Å². The summed E-state index contributed by atoms with van der Waals surface area (Å²) in [6.07, 6.45) is 0. The molecule has 2 N–H and O–H groups in total. The summed E-state index contributed by atoms with van der Waals surface area (Å²) in [7, 11) is -2.21. The molecule has 1 amide bonds. The lowest BCUT2D eigenvalue weighted by Gasteiger charge is -2.06. The molecule has 0 bridgehead atoms. The van der Waals surface area contributed by atoms with Crippen molar-refractivity contribution >= 4 is 33.0 Å². The van der Waals surface area contributed by atoms with E-state index in [1.165, 1.54) is 19.2 Å². The third kappa shape index (κ3) is 4.88. The van der Waals surface area contributed by atoms with Gasteiger partial charge in [0.15, 0.2) is 0 Å². The molecular formula is C17H16N4O4S2. The van der Waals surface area contributed by atoms with Crippen molar-refractivity contribution in [2.75, 3.05) is 12.4 Å². The van der Waals surface area contributed by atoms with E-state index < -0.39 is 15.9 Å². The van der Waals surface area contributed by atoms with E-state index in [-0.39, 0.29) is 16.4 Å². The molecular weight excluding hydrogens is 388 g/mol. The van der Waals surface area contributed by atoms with Crippen LogP contribution in [0.25, 0.3) is 0 Å². The average molecular weight is 404 g/mol. The van der Waals surface area contributed by atoms with Crippen molar-refractivity contribution in [2.45, 2.75) is 11.4 Å². The standard InChI is InChI=1S/C17H16N4O4S2/c1-25-13-7-9-14(10-8-13)27(23,24)18-11-15-20-21-17(26-15)16(22)19-12-5-3-2-4-6-12/h2-10,18H,11H2,1H3,(H,19,22). The first-order valence-electron chi connectivity index (χ1n) is 7.80. The smallest absolute Gasteiger partial charge is 0.286 e. The van der Waals surface area contributed by atoms with E-state index in [4.69, 9.17) is 4.74 Å². The van der Waals surface area contributed by atoms with Gasteiger partial charge in [0.25, 0.3) is 5.91 Å². The van der Waals surface area contributed by atoms with Crippen LogP contribution in [-0.2, 0) is 16.6 Å². The molecule has 3 aromatic rings. The van der Waals surface area contributed by atoms with Crippen LogP contribution in [0.4, 0.5) is 5.69 Å². The highest BCUT2D eigenvalue weighted by Gasteiger charge is 2.17. The number of methoxy groups -OCH3 is 1. The van der Waals surface area contributed by atoms with Crippen molar-refractivity contribution < 1.29 is 17.9 Å². The Balaban J connectivity index is 1.62. The minimum Gasteiger partial charge on any atom is -0.497 e. The second-order valence-corrected chi connectivity index (χ2v) is 8.15. The van der Waals surface area contributed by atoms with Crippen molar-refractivity contribution in [2.24, 2.45) is 0 Å². The van der Waals surface area contributed by atoms with Gasteiger partial charge in [-0.1, -0.05) is 29.5 Å². The number of rotatable bonds is 7. The summed E-state index contributed by atoms with van der Waals surface area (Å²) in [6.45, 7) is -0.0648. The number of para-hydroxylation sites is 1. The minimum atomic E-state index is -3.71. The first-order valence-corrected chi connectivity index (χ1v) is 10.1. The van der Waals surface area contributed by atoms with Crippen molar-refractivity contribution in [3.05, 3.63) is 64.6 Å². The van der Waals surface area contributed by atoms with E-state index >= 15 is 0 Å². The molecule has 27 heavy (non-hydrogen) atoms. The van der Waals surface area contributed by atoms with E-state index in [2.05, 4.69) is 20.2 Å². The fraction of sp³-hybridized carbons (Fsp3) is 0.118. The maximum Gasteiger partial charge on any atom is 0.286 e. The molecule has 2 aromatic carbocycles. The number of hydrogen-bond donors (Lipinski definition) is 2. The number of anilines is 1. The van der Waals surface area contributed by atoms with Crippen LogP contribution in [0, 0.1) is 0 Å². The third-order valence-electron chi connectivity index (χ3n) is 3.48. The molecule has 0 saturated heterocycles. The Morgan fingerprint density at radius 2 is 1.78 bits per heavy atom. The highest BCUT2D eigenvalue weighted by atomic mass is 32.2. The fourth-order valence-electron chi connectivity index (χ4n) is 2.12. The van der Waals surface area contributed by atoms with Gasteiger partial charge in [-0.05, 0) is 36.4 Å². The van der Waals surface area contributed by atoms with Gasteiger partial charge >= 0.3 is 0 Å². The number of sulfonamides is 1. The van der Waals surface area contributed by atoms with Gasteiger partial charge in [0.05, 0.1) is 18.6 Å². The van der Waals surface area contributed by atoms with Gasteiger partial charge in [-0.3, -0.25) is 4.79 Å². The van der Waals surface area contributed by atoms with Crippen molar-refractivity contribution in [1.82, 2.24) is 14.9 Å². The molecule has 0 aliphatic heterocycles. The minimum absolute atomic E-state index is 0.0648. The molecule has 0 atom stereocenters. The zero-order chi connectivity index (χ0) is 19.3. The molecule has 140 valence electrons. The maximum atomic E-state index is 12.3. The number of benzene rings is 2. The van der Waals surface area contributed by atoms with Gasteiger partial charge in [0.1, 0.15) is 10.8 Å². The zero-order valence-corrected chi connectivity index (χ0v) is 15.9. The number of ether oxygens (including phenoxy) is 1. The fourth-order valence-corrected chi connectivity index (χ4v) is 3.87. The first-order chi connectivity index (χ1) is 13.0. The van der Waals surface area contributed by atoms with Crippen LogP contribution in [0.15, 0.2) is 59.5 Å². The Hall–Kier alpha value is -2.82. The number of hydrogen-bond acceptors (Lipinski definition) is 7. The molecule has 0 radical (unpaired) electrons. The summed E-state index contributed by atoms with van der Waals surface area (Å²) < 4.78 is 32.1. The summed E-state index contributed by atoms with van der Waals surface area (Å²) in [5.41, 5.74) is 0.638. The van der Waals surface area contributed by atoms with Gasteiger partial charge in [-0.2, -0.15) is 0 Å². The van der Waals surface area contributed by atoms with Gasteiger partial charge in [-0.15, -0.1) is 10.2 Å². The largest absolute Gasteiger partial charge is 0.497 e. The molecule has 0 saturated carbocycles. The van der Waals surface area contributed by atoms with Gasteiger partial charge < -0.3 is 10.1 Å². The van der Waals surface area contributed by atoms with Gasteiger partial charge in [0.2, 0.25) is 15.0 Å². The zero-order valence-electron chi connectivity index (χ0n) is 14.2. The maximum absolute atomic E-state index is 12.3. The lowest BCUT2D eigenvalue weighted by molar-refractivity contribution is 0.102. The Labute approximate surface area is 160 Å². The summed E-state index contributed by atoms with van der Waals surface area (Å²) >= 11 is 1.02. The molecule has 1 aromatic heterocycles. The molecule has 0 aliphatic carbocycles. The van der Waals surface area contributed by atoms with Crippen molar-refractivity contribution in [3.63, 3.8) is 0 Å². The number of carbonyl (C=O) groups excluding carboxylic acids is 1. The average Bonchev–Trinajstić information content (AvgIpc) is 3.17. The van der Waals surface area contributed by atoms with Gasteiger partial charge in [0, 0.05) is 5.69 Å². The lowest BCUT2D eigenvalue weighted by Crippen LogP contribution is -2.23. The topological polar surface area (TPSA) is 110 Å². The Kier molecular flexibility index (Phi) is 5.79. The quantitative estimate of drug-likeness (QED) is 0.625. The number of nitrogens with zero attached hydrogens (tertiary/aromatic N) is 2. The molecule has 1 heterocycles. The summed E-state index contributed by atoms with van der Waals surface area (Å²) in [5.74, 6) is 0.162. The Bertz CT molecular complexity index is 1020. The van der Waals surface area contributed by atoms with Crippen molar-refractivity contribution in [3.8, 4) is 5.75 Å². The van der Waals surface area contributed by atoms with E-state index in [1.807, 2.05) is 6.07 Å². The Morgan fingerprint density at radius 1 is 1.07 bits per heavy atom. The van der Waals surface area contributed by atoms with Crippen LogP contribution in [-0.4, -0.2) is 31.6 Å². The Morgan fingerprint density at radius 3 is 2.44 bits per heavy atom. The van der Waals surface area contributed by atoms with Crippen LogP contribution in [0.1, 0.15) is 14.8 Å². The predicted molar refractivity (Wildman–Crippen MR) is 101 cm³/mol. The molecule has 0 fully saturated rings. The number of amides is 1. The number of nitrogens with one attached hydrogen (secondary N) is 2. The van der Waals surface area contributed by atoms with Crippen LogP contribution in [0.2, 0.25) is 0 Å². The molecule has 8 nitrogen and oxygen atoms in total. The monoisotopic (exact) mass is 404 g/mol. The second kappa shape index (κ2) is 8.25. The molecule has 10 heteroatoms. The van der Waals surface area contributed by atoms with Crippen LogP contribution in [0.3, 0.4) is 0 Å². The SMILES string of the molecule is COc1ccc(S(=O)(=O)NCc2nnc(C(=O)Nc3ccccc3)s2)cc1. The summed E-state index contributed by atoms with van der Waals surface area (Å²) in [5, 5.41) is 10.9. The van der Waals surface area contributed by atoms with Gasteiger partial charge in [-0.25, -0.2) is 13.1 Å². The molecule has 3 rings (SSSR count). The highest BCUT2D eigenvalue weighted by Crippen LogP contribution is 2.17. The van der Waals surface area contributed by atoms with E-state index in [0.717, 1.165) is 11.3 Å². The summed E-state index contributed by atoms with van der Waals surface area (Å²) in [4.78, 5) is 12.3. The van der Waals surface area contributed by atoms with Crippen molar-refractivity contribution in [1.29, 1.82) is 0 Å². The van der Waals surface area contributed by atoms with Crippen LogP contribution < -0.4 is 14.8 Å².